The highest BCUT2D eigenvalue weighted by Crippen LogP contribution is 2.07. The van der Waals surface area contributed by atoms with Crippen molar-refractivity contribution >= 4 is 5.96 Å². The van der Waals surface area contributed by atoms with Crippen LogP contribution in [0.1, 0.15) is 30.9 Å². The zero-order valence-electron chi connectivity index (χ0n) is 15.2. The van der Waals surface area contributed by atoms with Crippen LogP contribution in [0.25, 0.3) is 0 Å². The number of nitrogens with zero attached hydrogens (tertiary/aromatic N) is 2. The normalized spacial score (nSPS) is 16.2. The summed E-state index contributed by atoms with van der Waals surface area (Å²) in [7, 11) is 0. The molecular formula is C19H32N4O. The molecule has 0 spiro atoms. The zero-order chi connectivity index (χ0) is 17.0. The highest BCUT2D eigenvalue weighted by atomic mass is 16.5. The molecule has 1 aromatic rings. The molecule has 1 aliphatic heterocycles. The topological polar surface area (TPSA) is 48.9 Å². The van der Waals surface area contributed by atoms with Gasteiger partial charge in [0.15, 0.2) is 5.96 Å². The van der Waals surface area contributed by atoms with E-state index in [2.05, 4.69) is 53.6 Å². The highest BCUT2D eigenvalue weighted by molar-refractivity contribution is 5.79. The van der Waals surface area contributed by atoms with Crippen molar-refractivity contribution in [2.45, 2.75) is 33.2 Å². The Kier molecular flexibility index (Phi) is 8.63. The summed E-state index contributed by atoms with van der Waals surface area (Å²) >= 11 is 0. The summed E-state index contributed by atoms with van der Waals surface area (Å²) in [5.41, 5.74) is 2.57. The molecule has 1 fully saturated rings. The number of hydrogen-bond donors (Lipinski definition) is 2. The molecule has 0 aliphatic carbocycles. The van der Waals surface area contributed by atoms with E-state index in [-0.39, 0.29) is 0 Å². The van der Waals surface area contributed by atoms with Crippen LogP contribution < -0.4 is 10.6 Å². The number of unbranched alkanes of at least 4 members (excludes halogenated alkanes) is 1. The highest BCUT2D eigenvalue weighted by Gasteiger charge is 2.09. The average Bonchev–Trinajstić information content (AvgIpc) is 2.61. The number of hydrogen-bond acceptors (Lipinski definition) is 3. The number of aryl methyl sites for hydroxylation is 1. The van der Waals surface area contributed by atoms with E-state index in [1.807, 2.05) is 0 Å². The van der Waals surface area contributed by atoms with E-state index in [9.17, 15) is 0 Å². The Morgan fingerprint density at radius 2 is 1.96 bits per heavy atom. The monoisotopic (exact) mass is 332 g/mol. The third kappa shape index (κ3) is 6.89. The third-order valence-electron chi connectivity index (χ3n) is 4.31. The van der Waals surface area contributed by atoms with Gasteiger partial charge >= 0.3 is 0 Å². The van der Waals surface area contributed by atoms with Gasteiger partial charge in [0.1, 0.15) is 0 Å². The maximum Gasteiger partial charge on any atom is 0.191 e. The van der Waals surface area contributed by atoms with Crippen molar-refractivity contribution in [3.05, 3.63) is 35.4 Å². The minimum Gasteiger partial charge on any atom is -0.379 e. The molecule has 1 aromatic carbocycles. The van der Waals surface area contributed by atoms with E-state index in [1.165, 1.54) is 24.1 Å². The van der Waals surface area contributed by atoms with Gasteiger partial charge in [-0.2, -0.15) is 0 Å². The van der Waals surface area contributed by atoms with Gasteiger partial charge in [-0.25, -0.2) is 4.99 Å². The lowest BCUT2D eigenvalue weighted by atomic mass is 10.1. The zero-order valence-corrected chi connectivity index (χ0v) is 15.2. The first kappa shape index (κ1) is 18.7. The lowest BCUT2D eigenvalue weighted by Gasteiger charge is -2.26. The minimum atomic E-state index is 0.718. The molecule has 1 saturated heterocycles. The van der Waals surface area contributed by atoms with Crippen LogP contribution >= 0.6 is 0 Å². The molecule has 24 heavy (non-hydrogen) atoms. The Hall–Kier alpha value is -1.59. The van der Waals surface area contributed by atoms with E-state index < -0.39 is 0 Å². The summed E-state index contributed by atoms with van der Waals surface area (Å²) in [4.78, 5) is 7.19. The van der Waals surface area contributed by atoms with Crippen molar-refractivity contribution in [1.29, 1.82) is 0 Å². The molecule has 5 heteroatoms. The van der Waals surface area contributed by atoms with Gasteiger partial charge in [-0.15, -0.1) is 0 Å². The van der Waals surface area contributed by atoms with Crippen molar-refractivity contribution < 1.29 is 4.74 Å². The van der Waals surface area contributed by atoms with Crippen molar-refractivity contribution in [3.63, 3.8) is 0 Å². The summed E-state index contributed by atoms with van der Waals surface area (Å²) < 4.78 is 5.38. The SMILES string of the molecule is CCNC(=NCc1ccccc1C)NCCCCN1CCOCC1. The van der Waals surface area contributed by atoms with Crippen LogP contribution in [0, 0.1) is 6.92 Å². The van der Waals surface area contributed by atoms with E-state index in [0.717, 1.165) is 58.3 Å². The molecule has 0 saturated carbocycles. The van der Waals surface area contributed by atoms with Gasteiger partial charge < -0.3 is 15.4 Å². The fraction of sp³-hybridized carbons (Fsp3) is 0.632. The summed E-state index contributed by atoms with van der Waals surface area (Å²) in [5, 5.41) is 6.77. The van der Waals surface area contributed by atoms with Crippen LogP contribution in [-0.2, 0) is 11.3 Å². The van der Waals surface area contributed by atoms with Gasteiger partial charge in [-0.3, -0.25) is 4.90 Å². The summed E-state index contributed by atoms with van der Waals surface area (Å²) in [5.74, 6) is 0.909. The molecule has 5 nitrogen and oxygen atoms in total. The van der Waals surface area contributed by atoms with Crippen LogP contribution in [0.4, 0.5) is 0 Å². The fourth-order valence-electron chi connectivity index (χ4n) is 2.79. The number of aliphatic imine (C=N–C) groups is 1. The van der Waals surface area contributed by atoms with Crippen molar-refractivity contribution in [1.82, 2.24) is 15.5 Å². The average molecular weight is 332 g/mol. The first-order valence-electron chi connectivity index (χ1n) is 9.16. The van der Waals surface area contributed by atoms with Crippen LogP contribution in [0.15, 0.2) is 29.3 Å². The fourth-order valence-corrected chi connectivity index (χ4v) is 2.79. The van der Waals surface area contributed by atoms with Gasteiger partial charge in [0, 0.05) is 26.2 Å². The molecule has 1 aliphatic rings. The lowest BCUT2D eigenvalue weighted by molar-refractivity contribution is 0.0372. The van der Waals surface area contributed by atoms with Gasteiger partial charge in [0.05, 0.1) is 19.8 Å². The van der Waals surface area contributed by atoms with Crippen LogP contribution in [0.5, 0.6) is 0 Å². The number of nitrogens with one attached hydrogen (secondary N) is 2. The molecule has 2 N–H and O–H groups in total. The smallest absolute Gasteiger partial charge is 0.191 e. The maximum atomic E-state index is 5.38. The Bertz CT molecular complexity index is 498. The van der Waals surface area contributed by atoms with E-state index in [0.29, 0.717) is 0 Å². The van der Waals surface area contributed by atoms with Crippen molar-refractivity contribution in [2.24, 2.45) is 4.99 Å². The van der Waals surface area contributed by atoms with E-state index in [1.54, 1.807) is 0 Å². The second-order valence-electron chi connectivity index (χ2n) is 6.21. The molecule has 2 rings (SSSR count). The Morgan fingerprint density at radius 3 is 2.71 bits per heavy atom. The Balaban J connectivity index is 1.68. The van der Waals surface area contributed by atoms with E-state index in [4.69, 9.17) is 9.73 Å². The molecule has 0 amide bonds. The summed E-state index contributed by atoms with van der Waals surface area (Å²) in [6.45, 7) is 11.9. The predicted molar refractivity (Wildman–Crippen MR) is 100 cm³/mol. The molecule has 0 atom stereocenters. The molecule has 0 aromatic heterocycles. The van der Waals surface area contributed by atoms with Gasteiger partial charge in [0.25, 0.3) is 0 Å². The summed E-state index contributed by atoms with van der Waals surface area (Å²) in [6, 6.07) is 8.42. The lowest BCUT2D eigenvalue weighted by Crippen LogP contribution is -2.39. The second-order valence-corrected chi connectivity index (χ2v) is 6.21. The Morgan fingerprint density at radius 1 is 1.17 bits per heavy atom. The van der Waals surface area contributed by atoms with Gasteiger partial charge in [-0.05, 0) is 44.4 Å². The van der Waals surface area contributed by atoms with Crippen LogP contribution in [0.2, 0.25) is 0 Å². The van der Waals surface area contributed by atoms with Crippen molar-refractivity contribution in [3.8, 4) is 0 Å². The standard InChI is InChI=1S/C19H32N4O/c1-3-20-19(22-16-18-9-5-4-8-17(18)2)21-10-6-7-11-23-12-14-24-15-13-23/h4-5,8-9H,3,6-7,10-16H2,1-2H3,(H2,20,21,22). The third-order valence-corrected chi connectivity index (χ3v) is 4.31. The van der Waals surface area contributed by atoms with Crippen LogP contribution in [-0.4, -0.2) is 56.8 Å². The molecule has 0 bridgehead atoms. The second kappa shape index (κ2) is 11.0. The number of rotatable bonds is 8. The Labute approximate surface area is 146 Å². The molecule has 1 heterocycles. The number of morpholine rings is 1. The summed E-state index contributed by atoms with van der Waals surface area (Å²) in [6.07, 6.45) is 2.37. The van der Waals surface area contributed by atoms with Crippen molar-refractivity contribution in [2.75, 3.05) is 45.9 Å². The molecule has 0 radical (unpaired) electrons. The number of guanidine groups is 1. The van der Waals surface area contributed by atoms with Gasteiger partial charge in [-0.1, -0.05) is 24.3 Å². The van der Waals surface area contributed by atoms with Gasteiger partial charge in [0.2, 0.25) is 0 Å². The first-order valence-corrected chi connectivity index (χ1v) is 9.16. The first-order chi connectivity index (χ1) is 11.8. The maximum absolute atomic E-state index is 5.38. The predicted octanol–water partition coefficient (Wildman–Crippen LogP) is 2.16. The largest absolute Gasteiger partial charge is 0.379 e. The molecule has 0 unspecified atom stereocenters. The molecular weight excluding hydrogens is 300 g/mol. The molecule has 134 valence electrons. The van der Waals surface area contributed by atoms with Crippen LogP contribution in [0.3, 0.4) is 0 Å². The number of ether oxygens (including phenoxy) is 1. The van der Waals surface area contributed by atoms with E-state index >= 15 is 0 Å². The quantitative estimate of drug-likeness (QED) is 0.435. The minimum absolute atomic E-state index is 0.718. The number of benzene rings is 1.